The summed E-state index contributed by atoms with van der Waals surface area (Å²) >= 11 is 0. The summed E-state index contributed by atoms with van der Waals surface area (Å²) in [6, 6.07) is 9.22. The first kappa shape index (κ1) is 20.2. The monoisotopic (exact) mass is 382 g/mol. The number of nitrogens with one attached hydrogen (secondary N) is 1. The Hall–Kier alpha value is -2.09. The quantitative estimate of drug-likeness (QED) is 0.837. The highest BCUT2D eigenvalue weighted by atomic mass is 32.2. The third-order valence-corrected chi connectivity index (χ3v) is 7.36. The molecular weight excluding hydrogens is 356 g/mol. The lowest BCUT2D eigenvalue weighted by atomic mass is 10.2. The Bertz CT molecular complexity index is 741. The molecule has 1 fully saturated rings. The summed E-state index contributed by atoms with van der Waals surface area (Å²) in [5.74, 6) is -0.312. The number of ether oxygens (including phenoxy) is 1. The highest BCUT2D eigenvalue weighted by Gasteiger charge is 2.41. The van der Waals surface area contributed by atoms with Crippen molar-refractivity contribution in [3.63, 3.8) is 0 Å². The van der Waals surface area contributed by atoms with Crippen LogP contribution in [-0.2, 0) is 26.0 Å². The smallest absolute Gasteiger partial charge is 0.407 e. The summed E-state index contributed by atoms with van der Waals surface area (Å²) < 4.78 is 29.2. The summed E-state index contributed by atoms with van der Waals surface area (Å²) in [5, 5.41) is 1.85. The van der Waals surface area contributed by atoms with E-state index >= 15 is 0 Å². The average molecular weight is 382 g/mol. The topological polar surface area (TPSA) is 92.8 Å². The van der Waals surface area contributed by atoms with Gasteiger partial charge in [0.15, 0.2) is 9.84 Å². The SMILES string of the molecule is CC(C)(C)S(=O)(=O)[C@H]1CCN(C(=O)CNC(=O)OCc2ccccc2)C1. The standard InChI is InChI=1S/C18H26N2O5S/c1-18(2,3)26(23,24)15-9-10-20(12-15)16(21)11-19-17(22)25-13-14-7-5-4-6-8-14/h4-8,15H,9-13H2,1-3H3,(H,19,22)/t15-/m0/s1. The fourth-order valence-electron chi connectivity index (χ4n) is 2.74. The van der Waals surface area contributed by atoms with Gasteiger partial charge in [0.2, 0.25) is 5.91 Å². The van der Waals surface area contributed by atoms with Crippen LogP contribution in [-0.4, -0.2) is 54.9 Å². The first-order chi connectivity index (χ1) is 12.1. The Kier molecular flexibility index (Phi) is 6.28. The first-order valence-corrected chi connectivity index (χ1v) is 10.1. The first-order valence-electron chi connectivity index (χ1n) is 8.57. The van der Waals surface area contributed by atoms with Crippen LogP contribution in [0, 0.1) is 0 Å². The molecule has 1 saturated heterocycles. The predicted molar refractivity (Wildman–Crippen MR) is 98.3 cm³/mol. The molecule has 0 spiro atoms. The molecule has 1 aromatic rings. The zero-order chi connectivity index (χ0) is 19.4. The molecular formula is C18H26N2O5S. The van der Waals surface area contributed by atoms with Crippen molar-refractivity contribution in [2.45, 2.75) is 43.8 Å². The number of likely N-dealkylation sites (tertiary alicyclic amines) is 1. The minimum atomic E-state index is -3.32. The highest BCUT2D eigenvalue weighted by molar-refractivity contribution is 7.93. The predicted octanol–water partition coefficient (Wildman–Crippen LogP) is 1.73. The molecule has 1 atom stereocenters. The molecule has 1 aliphatic rings. The summed E-state index contributed by atoms with van der Waals surface area (Å²) in [6.07, 6.45) is -0.260. The van der Waals surface area contributed by atoms with Crippen LogP contribution in [0.1, 0.15) is 32.8 Å². The van der Waals surface area contributed by atoms with E-state index in [4.69, 9.17) is 4.74 Å². The number of hydrogen-bond acceptors (Lipinski definition) is 5. The van der Waals surface area contributed by atoms with E-state index in [1.165, 1.54) is 4.90 Å². The molecule has 2 rings (SSSR count). The third-order valence-electron chi connectivity index (χ3n) is 4.39. The Morgan fingerprint density at radius 3 is 2.50 bits per heavy atom. The van der Waals surface area contributed by atoms with Gasteiger partial charge in [-0.25, -0.2) is 13.2 Å². The second-order valence-electron chi connectivity index (χ2n) is 7.32. The zero-order valence-electron chi connectivity index (χ0n) is 15.4. The number of carbonyl (C=O) groups is 2. The van der Waals surface area contributed by atoms with Gasteiger partial charge in [-0.05, 0) is 32.8 Å². The van der Waals surface area contributed by atoms with Crippen LogP contribution in [0.15, 0.2) is 30.3 Å². The lowest BCUT2D eigenvalue weighted by molar-refractivity contribution is -0.129. The van der Waals surface area contributed by atoms with Gasteiger partial charge in [0.25, 0.3) is 0 Å². The largest absolute Gasteiger partial charge is 0.445 e. The van der Waals surface area contributed by atoms with E-state index in [1.807, 2.05) is 30.3 Å². The molecule has 0 bridgehead atoms. The van der Waals surface area contributed by atoms with Crippen molar-refractivity contribution in [2.24, 2.45) is 0 Å². The molecule has 0 aliphatic carbocycles. The molecule has 0 radical (unpaired) electrons. The van der Waals surface area contributed by atoms with Crippen LogP contribution in [0.2, 0.25) is 0 Å². The van der Waals surface area contributed by atoms with Gasteiger partial charge in [0.05, 0.1) is 10.00 Å². The Morgan fingerprint density at radius 1 is 1.23 bits per heavy atom. The van der Waals surface area contributed by atoms with E-state index in [9.17, 15) is 18.0 Å². The molecule has 0 saturated carbocycles. The van der Waals surface area contributed by atoms with Gasteiger partial charge in [0, 0.05) is 13.1 Å². The van der Waals surface area contributed by atoms with Gasteiger partial charge in [-0.1, -0.05) is 30.3 Å². The second-order valence-corrected chi connectivity index (χ2v) is 10.3. The van der Waals surface area contributed by atoms with Crippen molar-refractivity contribution >= 4 is 21.8 Å². The second kappa shape index (κ2) is 8.07. The minimum Gasteiger partial charge on any atom is -0.445 e. The minimum absolute atomic E-state index is 0.122. The maximum Gasteiger partial charge on any atom is 0.407 e. The van der Waals surface area contributed by atoms with Gasteiger partial charge in [-0.2, -0.15) is 0 Å². The number of sulfone groups is 1. The number of rotatable bonds is 5. The lowest BCUT2D eigenvalue weighted by Crippen LogP contribution is -2.42. The zero-order valence-corrected chi connectivity index (χ0v) is 16.2. The molecule has 0 unspecified atom stereocenters. The molecule has 7 nitrogen and oxygen atoms in total. The van der Waals surface area contributed by atoms with Gasteiger partial charge in [0.1, 0.15) is 13.2 Å². The molecule has 0 aromatic heterocycles. The van der Waals surface area contributed by atoms with Crippen molar-refractivity contribution in [3.8, 4) is 0 Å². The average Bonchev–Trinajstić information content (AvgIpc) is 3.08. The van der Waals surface area contributed by atoms with E-state index in [1.54, 1.807) is 20.8 Å². The van der Waals surface area contributed by atoms with Crippen molar-refractivity contribution in [3.05, 3.63) is 35.9 Å². The van der Waals surface area contributed by atoms with Gasteiger partial charge < -0.3 is 15.0 Å². The molecule has 1 aromatic carbocycles. The van der Waals surface area contributed by atoms with E-state index < -0.39 is 25.9 Å². The third kappa shape index (κ3) is 4.97. The molecule has 1 aliphatic heterocycles. The Morgan fingerprint density at radius 2 is 1.88 bits per heavy atom. The van der Waals surface area contributed by atoms with E-state index in [2.05, 4.69) is 5.32 Å². The van der Waals surface area contributed by atoms with Crippen LogP contribution < -0.4 is 5.32 Å². The molecule has 1 N–H and O–H groups in total. The van der Waals surface area contributed by atoms with Crippen LogP contribution in [0.3, 0.4) is 0 Å². The highest BCUT2D eigenvalue weighted by Crippen LogP contribution is 2.27. The number of nitrogens with zero attached hydrogens (tertiary/aromatic N) is 1. The maximum atomic E-state index is 12.5. The van der Waals surface area contributed by atoms with E-state index in [0.717, 1.165) is 5.56 Å². The summed E-state index contributed by atoms with van der Waals surface area (Å²) in [4.78, 5) is 25.4. The van der Waals surface area contributed by atoms with Crippen molar-refractivity contribution in [1.29, 1.82) is 0 Å². The molecule has 144 valence electrons. The van der Waals surface area contributed by atoms with Crippen LogP contribution in [0.5, 0.6) is 0 Å². The maximum absolute atomic E-state index is 12.5. The van der Waals surface area contributed by atoms with Gasteiger partial charge in [-0.15, -0.1) is 0 Å². The molecule has 8 heteroatoms. The Balaban J connectivity index is 1.77. The van der Waals surface area contributed by atoms with E-state index in [0.29, 0.717) is 13.0 Å². The number of benzene rings is 1. The Labute approximate surface area is 154 Å². The van der Waals surface area contributed by atoms with Crippen molar-refractivity contribution in [2.75, 3.05) is 19.6 Å². The lowest BCUT2D eigenvalue weighted by Gasteiger charge is -2.24. The van der Waals surface area contributed by atoms with Crippen LogP contribution in [0.4, 0.5) is 4.79 Å². The van der Waals surface area contributed by atoms with Crippen molar-refractivity contribution < 1.29 is 22.7 Å². The van der Waals surface area contributed by atoms with Crippen LogP contribution >= 0.6 is 0 Å². The normalized spacial score (nSPS) is 17.8. The number of amides is 2. The summed E-state index contributed by atoms with van der Waals surface area (Å²) in [7, 11) is -3.32. The number of carbonyl (C=O) groups excluding carboxylic acids is 2. The van der Waals surface area contributed by atoms with E-state index in [-0.39, 0.29) is 25.6 Å². The summed E-state index contributed by atoms with van der Waals surface area (Å²) in [5.41, 5.74) is 0.851. The fraction of sp³-hybridized carbons (Fsp3) is 0.556. The number of hydrogen-bond donors (Lipinski definition) is 1. The van der Waals surface area contributed by atoms with Crippen molar-refractivity contribution in [1.82, 2.24) is 10.2 Å². The van der Waals surface area contributed by atoms with Gasteiger partial charge >= 0.3 is 6.09 Å². The fourth-order valence-corrected chi connectivity index (χ4v) is 4.53. The number of alkyl carbamates (subject to hydrolysis) is 1. The molecule has 1 heterocycles. The van der Waals surface area contributed by atoms with Gasteiger partial charge in [-0.3, -0.25) is 4.79 Å². The van der Waals surface area contributed by atoms with Crippen LogP contribution in [0.25, 0.3) is 0 Å². The summed E-state index contributed by atoms with van der Waals surface area (Å²) in [6.45, 7) is 5.44. The molecule has 26 heavy (non-hydrogen) atoms. The molecule has 2 amide bonds.